The van der Waals surface area contributed by atoms with E-state index >= 15 is 0 Å². The molecule has 0 spiro atoms. The van der Waals surface area contributed by atoms with Crippen LogP contribution in [-0.2, 0) is 38.5 Å². The van der Waals surface area contributed by atoms with Gasteiger partial charge >= 0.3 is 5.97 Å². The van der Waals surface area contributed by atoms with Crippen LogP contribution in [0.15, 0.2) is 48.5 Å². The number of hydrogen-bond donors (Lipinski definition) is 2. The largest absolute Gasteiger partial charge is 0.467 e. The lowest BCUT2D eigenvalue weighted by Crippen LogP contribution is -2.55. The Labute approximate surface area is 283 Å². The molecule has 3 amide bonds. The molecular formula is C36H49N7O5. The number of methoxy groups -OCH3 is 1. The number of aryl methyl sites for hydroxylation is 2. The van der Waals surface area contributed by atoms with Gasteiger partial charge in [0.2, 0.25) is 11.8 Å². The van der Waals surface area contributed by atoms with Gasteiger partial charge in [0.15, 0.2) is 5.82 Å². The molecule has 1 fully saturated rings. The highest BCUT2D eigenvalue weighted by Gasteiger charge is 2.26. The van der Waals surface area contributed by atoms with Crippen molar-refractivity contribution in [3.63, 3.8) is 0 Å². The molecule has 258 valence electrons. The van der Waals surface area contributed by atoms with E-state index in [0.717, 1.165) is 66.9 Å². The Bertz CT molecular complexity index is 1530. The number of piperazine rings is 1. The van der Waals surface area contributed by atoms with Crippen LogP contribution in [0.4, 0.5) is 0 Å². The van der Waals surface area contributed by atoms with Crippen LogP contribution in [0.3, 0.4) is 0 Å². The third-order valence-electron chi connectivity index (χ3n) is 8.43. The van der Waals surface area contributed by atoms with E-state index in [1.807, 2.05) is 28.9 Å². The van der Waals surface area contributed by atoms with Gasteiger partial charge in [0, 0.05) is 57.9 Å². The van der Waals surface area contributed by atoms with Gasteiger partial charge in [0.05, 0.1) is 13.7 Å². The molecule has 12 nitrogen and oxygen atoms in total. The molecule has 2 N–H and O–H groups in total. The fourth-order valence-corrected chi connectivity index (χ4v) is 5.73. The van der Waals surface area contributed by atoms with Crippen molar-refractivity contribution in [2.75, 3.05) is 33.3 Å². The number of benzene rings is 2. The van der Waals surface area contributed by atoms with Crippen LogP contribution >= 0.6 is 0 Å². The smallest absolute Gasteiger partial charge is 0.328 e. The molecule has 4 rings (SSSR count). The number of rotatable bonds is 16. The van der Waals surface area contributed by atoms with E-state index in [4.69, 9.17) is 14.8 Å². The molecule has 1 aromatic heterocycles. The molecule has 1 atom stereocenters. The van der Waals surface area contributed by atoms with Gasteiger partial charge in [0.1, 0.15) is 11.9 Å². The van der Waals surface area contributed by atoms with Gasteiger partial charge in [-0.3, -0.25) is 19.8 Å². The molecule has 0 bridgehead atoms. The highest BCUT2D eigenvalue weighted by atomic mass is 16.5. The Balaban J connectivity index is 1.35. The first-order chi connectivity index (χ1) is 23.2. The number of nitrogens with one attached hydrogen (secondary N) is 2. The highest BCUT2D eigenvalue weighted by Crippen LogP contribution is 2.26. The SMILES string of the molecule is CCCCc1nc(CCCC)n(Cc2ccc(-c3ccccc3C(=O)N3CCN(NC(=O)CCC(NC(C)=O)C(=O)OC)CC3)cc2)n1. The van der Waals surface area contributed by atoms with Crippen molar-refractivity contribution in [1.29, 1.82) is 0 Å². The lowest BCUT2D eigenvalue weighted by molar-refractivity contribution is -0.145. The average molecular weight is 660 g/mol. The summed E-state index contributed by atoms with van der Waals surface area (Å²) in [4.78, 5) is 56.2. The number of amides is 3. The van der Waals surface area contributed by atoms with E-state index < -0.39 is 12.0 Å². The Hall–Kier alpha value is -4.58. The summed E-state index contributed by atoms with van der Waals surface area (Å²) in [6.45, 7) is 8.14. The number of unbranched alkanes of at least 4 members (excludes halogenated alkanes) is 2. The van der Waals surface area contributed by atoms with E-state index in [-0.39, 0.29) is 30.6 Å². The fourth-order valence-electron chi connectivity index (χ4n) is 5.73. The van der Waals surface area contributed by atoms with Crippen molar-refractivity contribution in [2.45, 2.75) is 84.7 Å². The number of hydrogen-bond acceptors (Lipinski definition) is 8. The number of hydrazine groups is 1. The zero-order valence-corrected chi connectivity index (χ0v) is 28.7. The van der Waals surface area contributed by atoms with Crippen molar-refractivity contribution in [1.82, 2.24) is 35.4 Å². The second-order valence-corrected chi connectivity index (χ2v) is 12.2. The summed E-state index contributed by atoms with van der Waals surface area (Å²) in [6.07, 6.45) is 6.36. The zero-order valence-electron chi connectivity index (χ0n) is 28.7. The monoisotopic (exact) mass is 659 g/mol. The third-order valence-corrected chi connectivity index (χ3v) is 8.43. The summed E-state index contributed by atoms with van der Waals surface area (Å²) >= 11 is 0. The van der Waals surface area contributed by atoms with Gasteiger partial charge in [-0.15, -0.1) is 0 Å². The number of nitrogens with zero attached hydrogens (tertiary/aromatic N) is 5. The van der Waals surface area contributed by atoms with Crippen molar-refractivity contribution < 1.29 is 23.9 Å². The molecule has 1 unspecified atom stereocenters. The van der Waals surface area contributed by atoms with Crippen LogP contribution in [0.1, 0.15) is 86.9 Å². The Morgan fingerprint density at radius 2 is 1.60 bits per heavy atom. The van der Waals surface area contributed by atoms with Gasteiger partial charge < -0.3 is 15.0 Å². The van der Waals surface area contributed by atoms with Crippen LogP contribution in [0.5, 0.6) is 0 Å². The molecule has 48 heavy (non-hydrogen) atoms. The summed E-state index contributed by atoms with van der Waals surface area (Å²) in [5, 5.41) is 9.10. The van der Waals surface area contributed by atoms with Crippen molar-refractivity contribution in [3.05, 3.63) is 71.3 Å². The van der Waals surface area contributed by atoms with Crippen molar-refractivity contribution in [2.24, 2.45) is 0 Å². The van der Waals surface area contributed by atoms with Gasteiger partial charge in [-0.05, 0) is 42.0 Å². The molecule has 2 heterocycles. The van der Waals surface area contributed by atoms with Crippen LogP contribution in [0.25, 0.3) is 11.1 Å². The fraction of sp³-hybridized carbons (Fsp3) is 0.500. The first-order valence-electron chi connectivity index (χ1n) is 17.0. The van der Waals surface area contributed by atoms with Crippen LogP contribution in [0.2, 0.25) is 0 Å². The number of carbonyl (C=O) groups excluding carboxylic acids is 4. The quantitative estimate of drug-likeness (QED) is 0.221. The van der Waals surface area contributed by atoms with E-state index in [0.29, 0.717) is 38.3 Å². The van der Waals surface area contributed by atoms with E-state index in [2.05, 4.69) is 48.9 Å². The molecule has 1 saturated heterocycles. The van der Waals surface area contributed by atoms with Gasteiger partial charge in [0.25, 0.3) is 5.91 Å². The highest BCUT2D eigenvalue weighted by molar-refractivity contribution is 6.01. The Kier molecular flexibility index (Phi) is 13.7. The summed E-state index contributed by atoms with van der Waals surface area (Å²) < 4.78 is 6.76. The maximum absolute atomic E-state index is 13.7. The molecule has 0 aliphatic carbocycles. The van der Waals surface area contributed by atoms with E-state index in [1.54, 1.807) is 9.91 Å². The molecule has 2 aromatic carbocycles. The van der Waals surface area contributed by atoms with E-state index in [9.17, 15) is 19.2 Å². The lowest BCUT2D eigenvalue weighted by atomic mass is 9.97. The minimum Gasteiger partial charge on any atom is -0.467 e. The second-order valence-electron chi connectivity index (χ2n) is 12.2. The van der Waals surface area contributed by atoms with Gasteiger partial charge in [-0.25, -0.2) is 19.5 Å². The summed E-state index contributed by atoms with van der Waals surface area (Å²) in [5.41, 5.74) is 6.44. The van der Waals surface area contributed by atoms with Crippen molar-refractivity contribution >= 4 is 23.7 Å². The van der Waals surface area contributed by atoms with Crippen molar-refractivity contribution in [3.8, 4) is 11.1 Å². The maximum Gasteiger partial charge on any atom is 0.328 e. The summed E-state index contributed by atoms with van der Waals surface area (Å²) in [7, 11) is 1.24. The standard InChI is InChI=1S/C36H49N7O5/c1-5-7-13-32-38-33(14-8-6-2)43(39-32)25-27-15-17-28(18-16-27)29-11-9-10-12-30(29)35(46)41-21-23-42(24-22-41)40-34(45)20-19-31(36(47)48-4)37-26(3)44/h9-12,15-18,31H,5-8,13-14,19-25H2,1-4H3,(H,37,44)(H,40,45). The molecule has 1 aliphatic heterocycles. The zero-order chi connectivity index (χ0) is 34.5. The van der Waals surface area contributed by atoms with Crippen LogP contribution < -0.4 is 10.7 Å². The third kappa shape index (κ3) is 10.2. The minimum atomic E-state index is -0.885. The first-order valence-corrected chi connectivity index (χ1v) is 17.0. The van der Waals surface area contributed by atoms with Crippen LogP contribution in [-0.4, -0.2) is 87.7 Å². The van der Waals surface area contributed by atoms with Crippen LogP contribution in [0, 0.1) is 0 Å². The number of esters is 1. The molecule has 0 radical (unpaired) electrons. The van der Waals surface area contributed by atoms with Gasteiger partial charge in [-0.1, -0.05) is 69.2 Å². The normalized spacial score (nSPS) is 14.0. The molecule has 12 heteroatoms. The lowest BCUT2D eigenvalue weighted by Gasteiger charge is -2.35. The van der Waals surface area contributed by atoms with Gasteiger partial charge in [-0.2, -0.15) is 5.10 Å². The maximum atomic E-state index is 13.7. The predicted octanol–water partition coefficient (Wildman–Crippen LogP) is 3.93. The first kappa shape index (κ1) is 36.3. The molecule has 3 aromatic rings. The van der Waals surface area contributed by atoms with E-state index in [1.165, 1.54) is 14.0 Å². The summed E-state index contributed by atoms with van der Waals surface area (Å²) in [5.74, 6) is 0.654. The Morgan fingerprint density at radius 1 is 0.917 bits per heavy atom. The molecule has 1 aliphatic rings. The summed E-state index contributed by atoms with van der Waals surface area (Å²) in [6, 6.07) is 15.1. The minimum absolute atomic E-state index is 0.0319. The average Bonchev–Trinajstić information content (AvgIpc) is 3.48. The number of ether oxygens (including phenoxy) is 1. The number of carbonyl (C=O) groups is 4. The predicted molar refractivity (Wildman–Crippen MR) is 183 cm³/mol. The second kappa shape index (κ2) is 18.1. The Morgan fingerprint density at radius 3 is 2.27 bits per heavy atom. The topological polar surface area (TPSA) is 139 Å². The number of aromatic nitrogens is 3. The molecule has 0 saturated carbocycles. The molecular weight excluding hydrogens is 610 g/mol.